The smallest absolute Gasteiger partial charge is 0.238 e. The van der Waals surface area contributed by atoms with Crippen LogP contribution in [0.2, 0.25) is 5.02 Å². The summed E-state index contributed by atoms with van der Waals surface area (Å²) in [7, 11) is 0. The van der Waals surface area contributed by atoms with Gasteiger partial charge in [0, 0.05) is 31.8 Å². The van der Waals surface area contributed by atoms with Crippen LogP contribution < -0.4 is 16.0 Å². The maximum atomic E-state index is 16.0. The molecule has 9 heteroatoms. The van der Waals surface area contributed by atoms with Gasteiger partial charge in [-0.15, -0.1) is 0 Å². The SMILES string of the molecule is O=C(N[C@H]1CC[C@H](O)CC1)[C@@H]1NC2(CCCCC2)[C@@]2(C(=O)Nc3cc(Cl)ccc32)[C@H]1c1cccc(I)c1F. The van der Waals surface area contributed by atoms with Crippen molar-refractivity contribution in [3.05, 3.63) is 61.9 Å². The Balaban J connectivity index is 1.53. The van der Waals surface area contributed by atoms with E-state index in [2.05, 4.69) is 16.0 Å². The number of hydrogen-bond acceptors (Lipinski definition) is 4. The second-order valence-corrected chi connectivity index (χ2v) is 13.0. The summed E-state index contributed by atoms with van der Waals surface area (Å²) >= 11 is 8.31. The van der Waals surface area contributed by atoms with Crippen LogP contribution in [0.15, 0.2) is 36.4 Å². The Labute approximate surface area is 240 Å². The van der Waals surface area contributed by atoms with E-state index in [9.17, 15) is 14.7 Å². The maximum absolute atomic E-state index is 16.0. The summed E-state index contributed by atoms with van der Waals surface area (Å²) in [6.45, 7) is 0. The van der Waals surface area contributed by atoms with Gasteiger partial charge in [-0.2, -0.15) is 0 Å². The number of anilines is 1. The minimum atomic E-state index is -1.18. The normalized spacial score (nSPS) is 31.8. The van der Waals surface area contributed by atoms with Crippen LogP contribution in [0, 0.1) is 9.39 Å². The molecule has 6 rings (SSSR count). The van der Waals surface area contributed by atoms with Gasteiger partial charge in [0.1, 0.15) is 11.2 Å². The van der Waals surface area contributed by atoms with Gasteiger partial charge in [-0.1, -0.05) is 49.1 Å². The predicted molar refractivity (Wildman–Crippen MR) is 153 cm³/mol. The number of hydrogen-bond donors (Lipinski definition) is 4. The van der Waals surface area contributed by atoms with Gasteiger partial charge in [0.2, 0.25) is 11.8 Å². The number of aliphatic hydroxyl groups is 1. The van der Waals surface area contributed by atoms with Crippen molar-refractivity contribution in [1.29, 1.82) is 0 Å². The zero-order valence-corrected chi connectivity index (χ0v) is 23.9. The minimum Gasteiger partial charge on any atom is -0.393 e. The predicted octanol–water partition coefficient (Wildman–Crippen LogP) is 5.15. The topological polar surface area (TPSA) is 90.5 Å². The van der Waals surface area contributed by atoms with Crippen LogP contribution in [-0.2, 0) is 15.0 Å². The molecule has 2 spiro atoms. The first kappa shape index (κ1) is 26.5. The summed E-state index contributed by atoms with van der Waals surface area (Å²) < 4.78 is 16.5. The van der Waals surface area contributed by atoms with E-state index < -0.39 is 22.9 Å². The third kappa shape index (κ3) is 4.00. The van der Waals surface area contributed by atoms with Crippen molar-refractivity contribution < 1.29 is 19.1 Å². The van der Waals surface area contributed by atoms with Crippen LogP contribution in [0.3, 0.4) is 0 Å². The van der Waals surface area contributed by atoms with Crippen molar-refractivity contribution in [3.63, 3.8) is 0 Å². The fourth-order valence-electron chi connectivity index (χ4n) is 7.73. The highest BCUT2D eigenvalue weighted by Crippen LogP contribution is 2.62. The molecule has 2 amide bonds. The van der Waals surface area contributed by atoms with Gasteiger partial charge >= 0.3 is 0 Å². The molecule has 2 aliphatic heterocycles. The molecule has 2 aromatic rings. The minimum absolute atomic E-state index is 0.0588. The quantitative estimate of drug-likeness (QED) is 0.346. The van der Waals surface area contributed by atoms with E-state index in [0.29, 0.717) is 58.4 Å². The monoisotopic (exact) mass is 651 g/mol. The molecule has 6 nitrogen and oxygen atoms in total. The summed E-state index contributed by atoms with van der Waals surface area (Å²) in [5, 5.41) is 20.4. The molecule has 4 N–H and O–H groups in total. The molecule has 3 atom stereocenters. The van der Waals surface area contributed by atoms with Crippen LogP contribution in [0.5, 0.6) is 0 Å². The van der Waals surface area contributed by atoms with E-state index in [-0.39, 0.29) is 29.8 Å². The Hall–Kier alpha value is -1.75. The highest BCUT2D eigenvalue weighted by Gasteiger charge is 2.72. The second kappa shape index (κ2) is 10.0. The van der Waals surface area contributed by atoms with E-state index in [1.54, 1.807) is 30.3 Å². The zero-order chi connectivity index (χ0) is 26.7. The lowest BCUT2D eigenvalue weighted by Gasteiger charge is -2.47. The van der Waals surface area contributed by atoms with Crippen LogP contribution in [-0.4, -0.2) is 40.6 Å². The molecule has 0 bridgehead atoms. The third-order valence-corrected chi connectivity index (χ3v) is 10.4. The van der Waals surface area contributed by atoms with Gasteiger partial charge in [-0.25, -0.2) is 4.39 Å². The number of rotatable bonds is 3. The van der Waals surface area contributed by atoms with Crippen LogP contribution in [0.1, 0.15) is 74.8 Å². The van der Waals surface area contributed by atoms with E-state index in [4.69, 9.17) is 11.6 Å². The first-order chi connectivity index (χ1) is 18.3. The summed E-state index contributed by atoms with van der Waals surface area (Å²) in [6, 6.07) is 9.78. The molecule has 2 aromatic carbocycles. The number of halogens is 3. The molecule has 0 unspecified atom stereocenters. The lowest BCUT2D eigenvalue weighted by molar-refractivity contribution is -0.125. The number of benzene rings is 2. The lowest BCUT2D eigenvalue weighted by atomic mass is 9.55. The van der Waals surface area contributed by atoms with E-state index in [0.717, 1.165) is 24.8 Å². The molecule has 0 radical (unpaired) electrons. The molecule has 38 heavy (non-hydrogen) atoms. The molecule has 4 aliphatic rings. The molecule has 2 heterocycles. The van der Waals surface area contributed by atoms with Crippen LogP contribution in [0.4, 0.5) is 10.1 Å². The van der Waals surface area contributed by atoms with Crippen molar-refractivity contribution in [1.82, 2.24) is 10.6 Å². The van der Waals surface area contributed by atoms with Crippen molar-refractivity contribution >= 4 is 51.7 Å². The first-order valence-electron chi connectivity index (χ1n) is 13.6. The van der Waals surface area contributed by atoms with E-state index in [1.807, 2.05) is 28.7 Å². The van der Waals surface area contributed by atoms with Crippen molar-refractivity contribution in [2.45, 2.75) is 92.8 Å². The van der Waals surface area contributed by atoms with Gasteiger partial charge in [0.15, 0.2) is 0 Å². The highest BCUT2D eigenvalue weighted by atomic mass is 127. The highest BCUT2D eigenvalue weighted by molar-refractivity contribution is 14.1. The van der Waals surface area contributed by atoms with Gasteiger partial charge in [-0.05, 0) is 90.4 Å². The Kier molecular flexibility index (Phi) is 6.98. The zero-order valence-electron chi connectivity index (χ0n) is 21.0. The molecule has 2 saturated carbocycles. The number of nitrogens with one attached hydrogen (secondary N) is 3. The standard InChI is InChI=1S/C29H32ClFIN3O3/c30-16-7-12-20-22(15-16)34-27(38)29(20)23(19-5-4-6-21(32)24(19)31)25(35-28(29)13-2-1-3-14-28)26(37)33-17-8-10-18(36)11-9-17/h4-7,12,15,17-18,23,25,35-36H,1-3,8-11,13-14H2,(H,33,37)(H,34,38)/t17-,18-,23-,25+,29+/m0/s1. The lowest BCUT2D eigenvalue weighted by Crippen LogP contribution is -2.60. The van der Waals surface area contributed by atoms with Crippen molar-refractivity contribution in [2.75, 3.05) is 5.32 Å². The molecular weight excluding hydrogens is 620 g/mol. The Morgan fingerprint density at radius 1 is 1.11 bits per heavy atom. The van der Waals surface area contributed by atoms with Gasteiger partial charge < -0.3 is 15.7 Å². The third-order valence-electron chi connectivity index (χ3n) is 9.35. The van der Waals surface area contributed by atoms with Crippen molar-refractivity contribution in [3.8, 4) is 0 Å². The second-order valence-electron chi connectivity index (χ2n) is 11.4. The Morgan fingerprint density at radius 2 is 1.84 bits per heavy atom. The Bertz CT molecular complexity index is 1280. The van der Waals surface area contributed by atoms with E-state index in [1.165, 1.54) is 0 Å². The number of aliphatic hydroxyl groups excluding tert-OH is 1. The number of carbonyl (C=O) groups excluding carboxylic acids is 2. The fourth-order valence-corrected chi connectivity index (χ4v) is 8.42. The number of amides is 2. The van der Waals surface area contributed by atoms with Crippen LogP contribution >= 0.6 is 34.2 Å². The molecule has 0 aromatic heterocycles. The van der Waals surface area contributed by atoms with Gasteiger partial charge in [0.25, 0.3) is 0 Å². The molecular formula is C29H32ClFIN3O3. The van der Waals surface area contributed by atoms with Gasteiger partial charge in [-0.3, -0.25) is 14.9 Å². The summed E-state index contributed by atoms with van der Waals surface area (Å²) in [4.78, 5) is 28.4. The average Bonchev–Trinajstić information content (AvgIpc) is 3.35. The summed E-state index contributed by atoms with van der Waals surface area (Å²) in [5.74, 6) is -1.57. The fraction of sp³-hybridized carbons (Fsp3) is 0.517. The maximum Gasteiger partial charge on any atom is 0.238 e. The average molecular weight is 652 g/mol. The number of fused-ring (bicyclic) bond motifs is 3. The first-order valence-corrected chi connectivity index (χ1v) is 15.0. The van der Waals surface area contributed by atoms with Gasteiger partial charge in [0.05, 0.1) is 12.1 Å². The molecule has 1 saturated heterocycles. The van der Waals surface area contributed by atoms with Crippen LogP contribution in [0.25, 0.3) is 0 Å². The van der Waals surface area contributed by atoms with E-state index >= 15 is 4.39 Å². The van der Waals surface area contributed by atoms with Crippen molar-refractivity contribution in [2.24, 2.45) is 0 Å². The summed E-state index contributed by atoms with van der Waals surface area (Å²) in [5.41, 5.74) is -0.0988. The Morgan fingerprint density at radius 3 is 2.58 bits per heavy atom. The summed E-state index contributed by atoms with van der Waals surface area (Å²) in [6.07, 6.45) is 6.65. The molecule has 2 aliphatic carbocycles. The molecule has 3 fully saturated rings. The number of carbonyl (C=O) groups is 2. The largest absolute Gasteiger partial charge is 0.393 e. The molecule has 202 valence electrons.